The van der Waals surface area contributed by atoms with Gasteiger partial charge in [-0.05, 0) is 55.7 Å². The number of hydrogen-bond donors (Lipinski definition) is 2. The maximum absolute atomic E-state index is 12.1. The van der Waals surface area contributed by atoms with E-state index in [-0.39, 0.29) is 12.3 Å². The average molecular weight is 401 g/mol. The Labute approximate surface area is 168 Å². The third-order valence-corrected chi connectivity index (χ3v) is 7.05. The van der Waals surface area contributed by atoms with E-state index >= 15 is 0 Å². The number of hydrogen-bond acceptors (Lipinski definition) is 6. The number of esters is 1. The first-order valence-corrected chi connectivity index (χ1v) is 11.1. The Bertz CT molecular complexity index is 850. The summed E-state index contributed by atoms with van der Waals surface area (Å²) in [7, 11) is 0. The van der Waals surface area contributed by atoms with Crippen molar-refractivity contribution in [2.45, 2.75) is 26.7 Å². The van der Waals surface area contributed by atoms with Crippen LogP contribution in [0.3, 0.4) is 0 Å². The highest BCUT2D eigenvalue weighted by Crippen LogP contribution is 2.35. The molecule has 1 saturated heterocycles. The van der Waals surface area contributed by atoms with E-state index < -0.39 is 5.97 Å². The quantitative estimate of drug-likeness (QED) is 0.498. The average Bonchev–Trinajstić information content (AvgIpc) is 3.31. The summed E-state index contributed by atoms with van der Waals surface area (Å²) in [5.41, 5.74) is 3.29. The van der Waals surface area contributed by atoms with Crippen LogP contribution in [-0.4, -0.2) is 35.5 Å². The van der Waals surface area contributed by atoms with Gasteiger partial charge in [-0.3, -0.25) is 5.41 Å². The van der Waals surface area contributed by atoms with Crippen LogP contribution in [0.2, 0.25) is 0 Å². The Morgan fingerprint density at radius 1 is 1.26 bits per heavy atom. The van der Waals surface area contributed by atoms with Crippen molar-refractivity contribution in [3.05, 3.63) is 46.3 Å². The molecule has 6 heteroatoms. The highest BCUT2D eigenvalue weighted by atomic mass is 32.2. The molecular weight excluding hydrogens is 376 g/mol. The summed E-state index contributed by atoms with van der Waals surface area (Å²) in [6.07, 6.45) is 1.83. The number of rotatable bonds is 7. The van der Waals surface area contributed by atoms with E-state index in [4.69, 9.17) is 15.6 Å². The Morgan fingerprint density at radius 3 is 2.63 bits per heavy atom. The lowest BCUT2D eigenvalue weighted by atomic mass is 9.96. The predicted octanol–water partition coefficient (Wildman–Crippen LogP) is 5.17. The van der Waals surface area contributed by atoms with Gasteiger partial charge in [0.2, 0.25) is 0 Å². The van der Waals surface area contributed by atoms with Crippen LogP contribution < -0.4 is 0 Å². The molecule has 2 N–H and O–H groups in total. The Morgan fingerprint density at radius 2 is 2.00 bits per heavy atom. The largest absolute Gasteiger partial charge is 0.461 e. The van der Waals surface area contributed by atoms with E-state index in [1.54, 1.807) is 6.92 Å². The van der Waals surface area contributed by atoms with Crippen molar-refractivity contribution in [1.82, 2.24) is 0 Å². The molecule has 0 amide bonds. The van der Waals surface area contributed by atoms with Crippen LogP contribution in [0.4, 0.5) is 0 Å². The predicted molar refractivity (Wildman–Crippen MR) is 115 cm³/mol. The minimum absolute atomic E-state index is 0.152. The van der Waals surface area contributed by atoms with Gasteiger partial charge < -0.3 is 10.1 Å². The number of nitrogens with one attached hydrogen (secondary N) is 2. The van der Waals surface area contributed by atoms with E-state index in [2.05, 4.69) is 0 Å². The lowest BCUT2D eigenvalue weighted by molar-refractivity contribution is -0.135. The van der Waals surface area contributed by atoms with Gasteiger partial charge in [0.05, 0.1) is 11.5 Å². The smallest absolute Gasteiger partial charge is 0.357 e. The standard InChI is InChI=1S/C21H24N2O2S2/c1-3-25-21(24)19(23)20-16(17(22)10-14-8-9-26-12-14)11-18(27-20)15-6-4-13(2)5-7-15/h4-7,11,14,22-23H,3,8-10,12H2,1-2H3. The Hall–Kier alpha value is -1.92. The Kier molecular flexibility index (Phi) is 6.50. The Balaban J connectivity index is 1.95. The molecule has 0 radical (unpaired) electrons. The molecule has 142 valence electrons. The van der Waals surface area contributed by atoms with E-state index in [9.17, 15) is 4.79 Å². The van der Waals surface area contributed by atoms with Crippen molar-refractivity contribution in [1.29, 1.82) is 10.8 Å². The van der Waals surface area contributed by atoms with Crippen LogP contribution in [-0.2, 0) is 9.53 Å². The van der Waals surface area contributed by atoms with Gasteiger partial charge in [0.25, 0.3) is 0 Å². The number of aryl methyl sites for hydroxylation is 1. The van der Waals surface area contributed by atoms with Crippen molar-refractivity contribution in [3.63, 3.8) is 0 Å². The fourth-order valence-corrected chi connectivity index (χ4v) is 5.51. The molecule has 4 nitrogen and oxygen atoms in total. The van der Waals surface area contributed by atoms with Crippen LogP contribution in [0.15, 0.2) is 30.3 Å². The van der Waals surface area contributed by atoms with E-state index in [0.29, 0.717) is 28.5 Å². The van der Waals surface area contributed by atoms with Crippen LogP contribution in [0.1, 0.15) is 35.8 Å². The monoisotopic (exact) mass is 400 g/mol. The number of thioether (sulfide) groups is 1. The summed E-state index contributed by atoms with van der Waals surface area (Å²) in [6.45, 7) is 4.02. The number of benzene rings is 1. The van der Waals surface area contributed by atoms with Gasteiger partial charge in [-0.1, -0.05) is 29.8 Å². The second kappa shape index (κ2) is 8.85. The van der Waals surface area contributed by atoms with Crippen molar-refractivity contribution in [3.8, 4) is 10.4 Å². The summed E-state index contributed by atoms with van der Waals surface area (Å²) < 4.78 is 5.03. The molecule has 1 aromatic carbocycles. The molecule has 0 spiro atoms. The van der Waals surface area contributed by atoms with E-state index in [1.165, 1.54) is 16.9 Å². The lowest BCUT2D eigenvalue weighted by Crippen LogP contribution is -2.19. The molecule has 1 aromatic heterocycles. The molecule has 1 fully saturated rings. The van der Waals surface area contributed by atoms with Crippen molar-refractivity contribution in [2.75, 3.05) is 18.1 Å². The molecule has 1 atom stereocenters. The number of thiophene rings is 1. The fourth-order valence-electron chi connectivity index (χ4n) is 3.10. The van der Waals surface area contributed by atoms with Gasteiger partial charge in [0.15, 0.2) is 5.71 Å². The molecule has 1 aliphatic heterocycles. The minimum Gasteiger partial charge on any atom is -0.461 e. The number of ether oxygens (including phenoxy) is 1. The zero-order valence-electron chi connectivity index (χ0n) is 15.6. The molecule has 0 saturated carbocycles. The van der Waals surface area contributed by atoms with E-state index in [1.807, 2.05) is 49.0 Å². The summed E-state index contributed by atoms with van der Waals surface area (Å²) in [5.74, 6) is 2.12. The molecule has 0 bridgehead atoms. The molecular formula is C21H24N2O2S2. The van der Waals surface area contributed by atoms with Gasteiger partial charge in [-0.15, -0.1) is 11.3 Å². The first-order valence-electron chi connectivity index (χ1n) is 9.12. The van der Waals surface area contributed by atoms with Gasteiger partial charge in [-0.2, -0.15) is 11.8 Å². The fraction of sp³-hybridized carbons (Fsp3) is 0.381. The maximum atomic E-state index is 12.1. The molecule has 2 aromatic rings. The van der Waals surface area contributed by atoms with Crippen LogP contribution in [0, 0.1) is 23.7 Å². The van der Waals surface area contributed by atoms with Crippen molar-refractivity contribution < 1.29 is 9.53 Å². The molecule has 1 aliphatic rings. The SMILES string of the molecule is CCOC(=O)C(=N)c1sc(-c2ccc(C)cc2)cc1C(=N)CC1CCSC1. The normalized spacial score (nSPS) is 16.3. The summed E-state index contributed by atoms with van der Waals surface area (Å²) >= 11 is 3.33. The highest BCUT2D eigenvalue weighted by molar-refractivity contribution is 7.99. The number of carbonyl (C=O) groups is 1. The zero-order chi connectivity index (χ0) is 19.4. The molecule has 27 heavy (non-hydrogen) atoms. The summed E-state index contributed by atoms with van der Waals surface area (Å²) in [5, 5.41) is 16.9. The minimum atomic E-state index is -0.625. The van der Waals surface area contributed by atoms with E-state index in [0.717, 1.165) is 28.4 Å². The second-order valence-corrected chi connectivity index (χ2v) is 8.93. The van der Waals surface area contributed by atoms with Gasteiger partial charge in [-0.25, -0.2) is 4.79 Å². The van der Waals surface area contributed by atoms with Crippen molar-refractivity contribution in [2.24, 2.45) is 5.92 Å². The summed E-state index contributed by atoms with van der Waals surface area (Å²) in [4.78, 5) is 13.7. The molecule has 0 aliphatic carbocycles. The number of carbonyl (C=O) groups excluding carboxylic acids is 1. The topological polar surface area (TPSA) is 74.0 Å². The van der Waals surface area contributed by atoms with Gasteiger partial charge in [0.1, 0.15) is 0 Å². The van der Waals surface area contributed by atoms with Crippen LogP contribution in [0.25, 0.3) is 10.4 Å². The summed E-state index contributed by atoms with van der Waals surface area (Å²) in [6, 6.07) is 10.1. The van der Waals surface area contributed by atoms with Gasteiger partial charge in [0, 0.05) is 16.2 Å². The third-order valence-electron chi connectivity index (χ3n) is 4.62. The first kappa shape index (κ1) is 19.8. The molecule has 3 rings (SSSR count). The lowest BCUT2D eigenvalue weighted by Gasteiger charge is -2.10. The van der Waals surface area contributed by atoms with Crippen LogP contribution >= 0.6 is 23.1 Å². The third kappa shape index (κ3) is 4.68. The van der Waals surface area contributed by atoms with Gasteiger partial charge >= 0.3 is 5.97 Å². The zero-order valence-corrected chi connectivity index (χ0v) is 17.3. The van der Waals surface area contributed by atoms with Crippen LogP contribution in [0.5, 0.6) is 0 Å². The highest BCUT2D eigenvalue weighted by Gasteiger charge is 2.25. The first-order chi connectivity index (χ1) is 13.0. The second-order valence-electron chi connectivity index (χ2n) is 6.73. The maximum Gasteiger partial charge on any atom is 0.357 e. The molecule has 2 heterocycles. The molecule has 1 unspecified atom stereocenters. The van der Waals surface area contributed by atoms with Crippen molar-refractivity contribution >= 4 is 40.5 Å².